The zero-order chi connectivity index (χ0) is 24.5. The van der Waals surface area contributed by atoms with E-state index in [1.807, 2.05) is 45.2 Å². The van der Waals surface area contributed by atoms with Gasteiger partial charge in [-0.1, -0.05) is 17.8 Å². The predicted octanol–water partition coefficient (Wildman–Crippen LogP) is 4.59. The van der Waals surface area contributed by atoms with Crippen molar-refractivity contribution in [2.45, 2.75) is 49.3 Å². The molecule has 0 bridgehead atoms. The highest BCUT2D eigenvalue weighted by Crippen LogP contribution is 2.38. The van der Waals surface area contributed by atoms with E-state index in [4.69, 9.17) is 4.74 Å². The van der Waals surface area contributed by atoms with Gasteiger partial charge >= 0.3 is 0 Å². The van der Waals surface area contributed by atoms with Gasteiger partial charge in [0.15, 0.2) is 23.1 Å². The third-order valence-electron chi connectivity index (χ3n) is 4.92. The molecular weight excluding hydrogens is 510 g/mol. The molecule has 13 heteroatoms. The molecule has 4 aromatic heterocycles. The molecule has 4 heterocycles. The minimum Gasteiger partial charge on any atom is -0.450 e. The van der Waals surface area contributed by atoms with E-state index >= 15 is 0 Å². The molecule has 186 valence electrons. The van der Waals surface area contributed by atoms with Gasteiger partial charge in [-0.3, -0.25) is 4.68 Å². The molecule has 4 aromatic rings. The molecule has 0 amide bonds. The molecule has 1 atom stereocenters. The maximum absolute atomic E-state index is 10.3. The Bertz CT molecular complexity index is 1290. The molecule has 0 aliphatic carbocycles. The third-order valence-corrected chi connectivity index (χ3v) is 6.48. The highest BCUT2D eigenvalue weighted by Gasteiger charge is 2.30. The first-order chi connectivity index (χ1) is 16.1. The Hall–Kier alpha value is -2.77. The van der Waals surface area contributed by atoms with Gasteiger partial charge in [-0.2, -0.15) is 9.47 Å². The van der Waals surface area contributed by atoms with Crippen molar-refractivity contribution in [1.29, 1.82) is 0 Å². The minimum atomic E-state index is -1.37. The van der Waals surface area contributed by atoms with Crippen molar-refractivity contribution in [3.8, 4) is 11.5 Å². The molecule has 0 aromatic carbocycles. The highest BCUT2D eigenvalue weighted by atomic mass is 35.5. The summed E-state index contributed by atoms with van der Waals surface area (Å²) in [5, 5.41) is 29.1. The first-order valence-electron chi connectivity index (χ1n) is 10.4. The average Bonchev–Trinajstić information content (AvgIpc) is 3.34. The molecular formula is C22H26ClN7O3S2. The summed E-state index contributed by atoms with van der Waals surface area (Å²) in [4.78, 5) is 14.1. The van der Waals surface area contributed by atoms with Gasteiger partial charge in [0.1, 0.15) is 16.8 Å². The second-order valence-electron chi connectivity index (χ2n) is 8.15. The number of pyridine rings is 2. The number of rotatable bonds is 8. The number of nitrogens with zero attached hydrogens (tertiary/aromatic N) is 6. The molecule has 0 aliphatic heterocycles. The van der Waals surface area contributed by atoms with Crippen LogP contribution in [0.3, 0.4) is 0 Å². The summed E-state index contributed by atoms with van der Waals surface area (Å²) in [7, 11) is 1.86. The fourth-order valence-electron chi connectivity index (χ4n) is 3.01. The minimum absolute atomic E-state index is 0. The third kappa shape index (κ3) is 6.27. The van der Waals surface area contributed by atoms with Gasteiger partial charge in [0.25, 0.3) is 0 Å². The lowest BCUT2D eigenvalue weighted by Crippen LogP contribution is -2.29. The van der Waals surface area contributed by atoms with Crippen molar-refractivity contribution in [3.63, 3.8) is 0 Å². The maximum atomic E-state index is 10.3. The van der Waals surface area contributed by atoms with Crippen LogP contribution in [-0.4, -0.2) is 44.9 Å². The first-order valence-corrected chi connectivity index (χ1v) is 12.0. The number of nitrogens with one attached hydrogen (secondary N) is 1. The molecule has 35 heavy (non-hydrogen) atoms. The summed E-state index contributed by atoms with van der Waals surface area (Å²) in [6.07, 6.45) is 2.23. The molecule has 0 spiro atoms. The van der Waals surface area contributed by atoms with Crippen LogP contribution in [-0.2, 0) is 7.05 Å². The van der Waals surface area contributed by atoms with Crippen molar-refractivity contribution < 1.29 is 14.9 Å². The van der Waals surface area contributed by atoms with Crippen LogP contribution in [0, 0.1) is 13.8 Å². The summed E-state index contributed by atoms with van der Waals surface area (Å²) in [6.45, 7) is 6.80. The number of hydrogen-bond acceptors (Lipinski definition) is 11. The lowest BCUT2D eigenvalue weighted by Gasteiger charge is -2.21. The second-order valence-corrected chi connectivity index (χ2v) is 10.00. The quantitative estimate of drug-likeness (QED) is 0.294. The average molecular weight is 536 g/mol. The Kier molecular flexibility index (Phi) is 8.34. The van der Waals surface area contributed by atoms with E-state index in [9.17, 15) is 10.2 Å². The molecule has 10 nitrogen and oxygen atoms in total. The van der Waals surface area contributed by atoms with Crippen molar-refractivity contribution in [3.05, 3.63) is 53.9 Å². The maximum Gasteiger partial charge on any atom is 0.208 e. The number of aliphatic hydroxyl groups is 2. The molecule has 0 aliphatic rings. The second kappa shape index (κ2) is 10.9. The fourth-order valence-corrected chi connectivity index (χ4v) is 4.38. The number of anilines is 2. The smallest absolute Gasteiger partial charge is 0.208 e. The van der Waals surface area contributed by atoms with Gasteiger partial charge in [0.05, 0.1) is 11.3 Å². The standard InChI is InChI=1S/C22H25N7O3S2.ClH/c1-12-17(13(2)29(5)27-12)32-15-10-14(33-16-8-6-7-9-23-16)11-24-19(15)25-21-26-20(28-34-21)18(30)22(3,4)31;/h6-11,18,30-31H,1-5H3,(H,24,25,26,28);1H/t18-;/m0./s1. The molecule has 0 fully saturated rings. The summed E-state index contributed by atoms with van der Waals surface area (Å²) in [5.41, 5.74) is 0.253. The number of ether oxygens (including phenoxy) is 1. The van der Waals surface area contributed by atoms with Crippen molar-refractivity contribution in [1.82, 2.24) is 29.1 Å². The van der Waals surface area contributed by atoms with Crippen LogP contribution >= 0.6 is 35.7 Å². The normalized spacial score (nSPS) is 12.2. The summed E-state index contributed by atoms with van der Waals surface area (Å²) >= 11 is 2.51. The Labute approximate surface area is 217 Å². The van der Waals surface area contributed by atoms with E-state index < -0.39 is 11.7 Å². The van der Waals surface area contributed by atoms with Gasteiger partial charge in [-0.15, -0.1) is 12.4 Å². The zero-order valence-corrected chi connectivity index (χ0v) is 22.2. The zero-order valence-electron chi connectivity index (χ0n) is 19.8. The van der Waals surface area contributed by atoms with Crippen LogP contribution in [0.5, 0.6) is 11.5 Å². The molecule has 0 radical (unpaired) electrons. The van der Waals surface area contributed by atoms with Gasteiger partial charge in [-0.25, -0.2) is 15.0 Å². The SMILES string of the molecule is Cc1nn(C)c(C)c1Oc1cc(Sc2ccccn2)cnc1Nc1nc([C@H](O)C(C)(C)O)ns1.Cl. The Morgan fingerprint density at radius 2 is 2.00 bits per heavy atom. The summed E-state index contributed by atoms with van der Waals surface area (Å²) in [5.74, 6) is 1.67. The fraction of sp³-hybridized carbons (Fsp3) is 0.318. The number of aliphatic hydroxyl groups excluding tert-OH is 1. The largest absolute Gasteiger partial charge is 0.450 e. The molecule has 0 saturated carbocycles. The van der Waals surface area contributed by atoms with E-state index in [0.29, 0.717) is 22.4 Å². The van der Waals surface area contributed by atoms with E-state index in [-0.39, 0.29) is 18.2 Å². The van der Waals surface area contributed by atoms with Crippen LogP contribution in [0.25, 0.3) is 0 Å². The van der Waals surface area contributed by atoms with Crippen LogP contribution in [0.15, 0.2) is 46.6 Å². The van der Waals surface area contributed by atoms with Crippen LogP contribution in [0.1, 0.15) is 37.2 Å². The molecule has 0 saturated heterocycles. The van der Waals surface area contributed by atoms with Crippen LogP contribution in [0.4, 0.5) is 10.9 Å². The molecule has 4 rings (SSSR count). The molecule has 3 N–H and O–H groups in total. The van der Waals surface area contributed by atoms with E-state index in [1.165, 1.54) is 25.6 Å². The number of aryl methyl sites for hydroxylation is 2. The molecule has 0 unspecified atom stereocenters. The van der Waals surface area contributed by atoms with Gasteiger partial charge in [0, 0.05) is 41.9 Å². The number of halogens is 1. The highest BCUT2D eigenvalue weighted by molar-refractivity contribution is 7.99. The summed E-state index contributed by atoms with van der Waals surface area (Å²) in [6, 6.07) is 7.58. The van der Waals surface area contributed by atoms with E-state index in [1.54, 1.807) is 17.1 Å². The topological polar surface area (TPSA) is 131 Å². The lowest BCUT2D eigenvalue weighted by atomic mass is 10.0. The lowest BCUT2D eigenvalue weighted by molar-refractivity contribution is -0.0533. The predicted molar refractivity (Wildman–Crippen MR) is 137 cm³/mol. The van der Waals surface area contributed by atoms with Crippen LogP contribution in [0.2, 0.25) is 0 Å². The summed E-state index contributed by atoms with van der Waals surface area (Å²) < 4.78 is 12.2. The Morgan fingerprint density at radius 3 is 2.63 bits per heavy atom. The number of hydrogen-bond donors (Lipinski definition) is 3. The monoisotopic (exact) mass is 535 g/mol. The van der Waals surface area contributed by atoms with E-state index in [2.05, 4.69) is 29.7 Å². The van der Waals surface area contributed by atoms with E-state index in [0.717, 1.165) is 32.8 Å². The van der Waals surface area contributed by atoms with Gasteiger partial charge in [0.2, 0.25) is 5.13 Å². The van der Waals surface area contributed by atoms with Crippen molar-refractivity contribution in [2.24, 2.45) is 7.05 Å². The van der Waals surface area contributed by atoms with Crippen LogP contribution < -0.4 is 10.1 Å². The van der Waals surface area contributed by atoms with Gasteiger partial charge < -0.3 is 20.3 Å². The first kappa shape index (κ1) is 26.8. The van der Waals surface area contributed by atoms with Crippen molar-refractivity contribution >= 4 is 46.7 Å². The Morgan fingerprint density at radius 1 is 1.23 bits per heavy atom. The number of aromatic nitrogens is 6. The van der Waals surface area contributed by atoms with Gasteiger partial charge in [-0.05, 0) is 39.8 Å². The van der Waals surface area contributed by atoms with Crippen molar-refractivity contribution in [2.75, 3.05) is 5.32 Å². The Balaban J connectivity index is 0.00000342.